The molecule has 0 aliphatic rings. The van der Waals surface area contributed by atoms with Gasteiger partial charge in [0.05, 0.1) is 13.2 Å². The van der Waals surface area contributed by atoms with Crippen LogP contribution in [0.1, 0.15) is 11.1 Å². The fourth-order valence-corrected chi connectivity index (χ4v) is 2.57. The fourth-order valence-electron chi connectivity index (χ4n) is 1.62. The lowest BCUT2D eigenvalue weighted by Gasteiger charge is -2.07. The Labute approximate surface area is 138 Å². The molecule has 2 aromatic rings. The van der Waals surface area contributed by atoms with Crippen molar-refractivity contribution in [2.75, 3.05) is 0 Å². The minimum Gasteiger partial charge on any atom is -0.370 e. The van der Waals surface area contributed by atoms with Gasteiger partial charge in [0.2, 0.25) is 0 Å². The van der Waals surface area contributed by atoms with Crippen molar-refractivity contribution < 1.29 is 4.74 Å². The molecular formula is C15H11Cl4O. The lowest BCUT2D eigenvalue weighted by atomic mass is 10.1. The molecule has 0 saturated carbocycles. The summed E-state index contributed by atoms with van der Waals surface area (Å²) in [5, 5.41) is 2.44. The van der Waals surface area contributed by atoms with Gasteiger partial charge in [0.25, 0.3) is 0 Å². The van der Waals surface area contributed by atoms with Gasteiger partial charge in [-0.1, -0.05) is 58.5 Å². The first-order valence-electron chi connectivity index (χ1n) is 5.87. The van der Waals surface area contributed by atoms with E-state index in [1.807, 2.05) is 12.1 Å². The summed E-state index contributed by atoms with van der Waals surface area (Å²) in [6.07, 6.45) is 0.598. The van der Waals surface area contributed by atoms with E-state index in [0.717, 1.165) is 11.1 Å². The van der Waals surface area contributed by atoms with Crippen molar-refractivity contribution in [3.05, 3.63) is 74.2 Å². The Hall–Kier alpha value is -0.440. The highest BCUT2D eigenvalue weighted by Crippen LogP contribution is 2.24. The van der Waals surface area contributed by atoms with Crippen molar-refractivity contribution in [1.82, 2.24) is 0 Å². The first kappa shape index (κ1) is 15.9. The highest BCUT2D eigenvalue weighted by molar-refractivity contribution is 6.35. The molecule has 20 heavy (non-hydrogen) atoms. The zero-order valence-electron chi connectivity index (χ0n) is 10.4. The van der Waals surface area contributed by atoms with Crippen molar-refractivity contribution in [1.29, 1.82) is 0 Å². The van der Waals surface area contributed by atoms with Gasteiger partial charge in [-0.05, 0) is 35.4 Å². The monoisotopic (exact) mass is 347 g/mol. The van der Waals surface area contributed by atoms with Gasteiger partial charge in [-0.2, -0.15) is 0 Å². The van der Waals surface area contributed by atoms with Gasteiger partial charge in [0, 0.05) is 26.5 Å². The third-order valence-corrected chi connectivity index (χ3v) is 3.86. The molecule has 5 heteroatoms. The second-order valence-electron chi connectivity index (χ2n) is 4.15. The van der Waals surface area contributed by atoms with E-state index in [2.05, 4.69) is 0 Å². The number of rotatable bonds is 5. The standard InChI is InChI=1S/C15H11Cl4O/c16-12-3-1-10(14(18)7-12)5-6-20-9-11-2-4-13(17)8-15(11)19/h1-4,6-8H,5,9H2. The maximum atomic E-state index is 6.07. The van der Waals surface area contributed by atoms with Gasteiger partial charge < -0.3 is 4.74 Å². The van der Waals surface area contributed by atoms with Gasteiger partial charge in [-0.15, -0.1) is 0 Å². The molecule has 0 atom stereocenters. The third kappa shape index (κ3) is 4.54. The molecule has 2 aromatic carbocycles. The zero-order chi connectivity index (χ0) is 14.5. The molecule has 0 unspecified atom stereocenters. The lowest BCUT2D eigenvalue weighted by Crippen LogP contribution is -1.95. The van der Waals surface area contributed by atoms with Gasteiger partial charge in [0.1, 0.15) is 0 Å². The van der Waals surface area contributed by atoms with E-state index < -0.39 is 0 Å². The number of hydrogen-bond acceptors (Lipinski definition) is 1. The van der Waals surface area contributed by atoms with Crippen LogP contribution in [0.4, 0.5) is 0 Å². The number of benzene rings is 2. The van der Waals surface area contributed by atoms with E-state index in [4.69, 9.17) is 51.1 Å². The van der Waals surface area contributed by atoms with Crippen molar-refractivity contribution in [3.8, 4) is 0 Å². The molecule has 0 spiro atoms. The largest absolute Gasteiger partial charge is 0.370 e. The Morgan fingerprint density at radius 1 is 0.800 bits per heavy atom. The summed E-state index contributed by atoms with van der Waals surface area (Å²) in [4.78, 5) is 0. The van der Waals surface area contributed by atoms with Gasteiger partial charge in [-0.25, -0.2) is 0 Å². The predicted octanol–water partition coefficient (Wildman–Crippen LogP) is 6.22. The van der Waals surface area contributed by atoms with Crippen LogP contribution in [0, 0.1) is 6.61 Å². The Balaban J connectivity index is 1.84. The average Bonchev–Trinajstić information content (AvgIpc) is 2.39. The summed E-state index contributed by atoms with van der Waals surface area (Å²) in [6, 6.07) is 10.7. The van der Waals surface area contributed by atoms with Crippen LogP contribution in [0.5, 0.6) is 0 Å². The quantitative estimate of drug-likeness (QED) is 0.582. The highest BCUT2D eigenvalue weighted by atomic mass is 35.5. The molecule has 0 bridgehead atoms. The van der Waals surface area contributed by atoms with Crippen LogP contribution in [0.3, 0.4) is 0 Å². The van der Waals surface area contributed by atoms with Crippen LogP contribution in [0.15, 0.2) is 36.4 Å². The van der Waals surface area contributed by atoms with Crippen LogP contribution in [-0.2, 0) is 17.8 Å². The molecule has 0 N–H and O–H groups in total. The van der Waals surface area contributed by atoms with Crippen molar-refractivity contribution in [2.24, 2.45) is 0 Å². The van der Waals surface area contributed by atoms with Crippen molar-refractivity contribution in [2.45, 2.75) is 13.0 Å². The maximum absolute atomic E-state index is 6.07. The molecule has 0 aromatic heterocycles. The number of ether oxygens (including phenoxy) is 1. The zero-order valence-corrected chi connectivity index (χ0v) is 13.4. The first-order valence-corrected chi connectivity index (χ1v) is 7.38. The Morgan fingerprint density at radius 3 is 1.90 bits per heavy atom. The van der Waals surface area contributed by atoms with E-state index in [-0.39, 0.29) is 0 Å². The topological polar surface area (TPSA) is 9.23 Å². The number of halogens is 4. The SMILES string of the molecule is Clc1ccc(C[CH]OCc2ccc(Cl)cc2Cl)c(Cl)c1. The van der Waals surface area contributed by atoms with Gasteiger partial charge >= 0.3 is 0 Å². The van der Waals surface area contributed by atoms with Crippen LogP contribution in [0.2, 0.25) is 20.1 Å². The molecule has 0 fully saturated rings. The third-order valence-electron chi connectivity index (χ3n) is 2.69. The molecule has 0 aliphatic heterocycles. The molecule has 105 valence electrons. The Kier molecular flexibility index (Phi) is 6.01. The lowest BCUT2D eigenvalue weighted by molar-refractivity contribution is 0.183. The van der Waals surface area contributed by atoms with Crippen LogP contribution in [-0.4, -0.2) is 0 Å². The molecule has 1 nitrogen and oxygen atoms in total. The van der Waals surface area contributed by atoms with Gasteiger partial charge in [0.15, 0.2) is 0 Å². The first-order chi connectivity index (χ1) is 9.56. The summed E-state index contributed by atoms with van der Waals surface area (Å²) in [6.45, 7) is 2.08. The van der Waals surface area contributed by atoms with Crippen LogP contribution < -0.4 is 0 Å². The van der Waals surface area contributed by atoms with Crippen molar-refractivity contribution >= 4 is 46.4 Å². The van der Waals surface area contributed by atoms with Crippen molar-refractivity contribution in [3.63, 3.8) is 0 Å². The highest BCUT2D eigenvalue weighted by Gasteiger charge is 2.04. The van der Waals surface area contributed by atoms with Gasteiger partial charge in [-0.3, -0.25) is 0 Å². The molecular weight excluding hydrogens is 338 g/mol. The van der Waals surface area contributed by atoms with E-state index in [9.17, 15) is 0 Å². The van der Waals surface area contributed by atoms with E-state index >= 15 is 0 Å². The molecule has 2 rings (SSSR count). The molecule has 0 saturated heterocycles. The second-order valence-corrected chi connectivity index (χ2v) is 5.84. The Morgan fingerprint density at radius 2 is 1.35 bits per heavy atom. The average molecular weight is 349 g/mol. The Bertz CT molecular complexity index is 545. The molecule has 1 radical (unpaired) electrons. The summed E-state index contributed by atoms with van der Waals surface area (Å²) < 4.78 is 5.49. The van der Waals surface area contributed by atoms with E-state index in [0.29, 0.717) is 33.1 Å². The molecule has 0 amide bonds. The fraction of sp³-hybridized carbons (Fsp3) is 0.133. The summed E-state index contributed by atoms with van der Waals surface area (Å²) in [7, 11) is 0. The summed E-state index contributed by atoms with van der Waals surface area (Å²) >= 11 is 23.8. The maximum Gasteiger partial charge on any atom is 0.0885 e. The summed E-state index contributed by atoms with van der Waals surface area (Å²) in [5.74, 6) is 0. The smallest absolute Gasteiger partial charge is 0.0885 e. The van der Waals surface area contributed by atoms with Crippen LogP contribution >= 0.6 is 46.4 Å². The van der Waals surface area contributed by atoms with E-state index in [1.165, 1.54) is 0 Å². The normalized spacial score (nSPS) is 10.8. The molecule has 0 heterocycles. The summed E-state index contributed by atoms with van der Waals surface area (Å²) in [5.41, 5.74) is 1.84. The minimum absolute atomic E-state index is 0.390. The second kappa shape index (κ2) is 7.53. The number of hydrogen-bond donors (Lipinski definition) is 0. The van der Waals surface area contributed by atoms with Crippen LogP contribution in [0.25, 0.3) is 0 Å². The molecule has 0 aliphatic carbocycles. The minimum atomic E-state index is 0.390. The predicted molar refractivity (Wildman–Crippen MR) is 85.7 cm³/mol. The van der Waals surface area contributed by atoms with E-state index in [1.54, 1.807) is 30.9 Å².